The van der Waals surface area contributed by atoms with Crippen LogP contribution in [-0.2, 0) is 0 Å². The molecule has 4 unspecified atom stereocenters. The molecule has 3 nitrogen and oxygen atoms in total. The Bertz CT molecular complexity index is 351. The van der Waals surface area contributed by atoms with Crippen molar-refractivity contribution in [3.63, 3.8) is 0 Å². The second kappa shape index (κ2) is 5.79. The topological polar surface area (TPSA) is 52.5 Å². The monoisotopic (exact) mass is 299 g/mol. The standard InChI is InChI=1S/C16H29NO2S/c1-10(2)13-6-15(19)16(4-3-14(13)16)9-20-8-11-5-12(18)7-17-11/h10-15,17-19H,3-9H2,1-2H3/t11-,12+,13?,14?,15?,16?/m0/s1. The second-order valence-electron chi connectivity index (χ2n) is 7.55. The van der Waals surface area contributed by atoms with E-state index in [1.165, 1.54) is 12.8 Å². The summed E-state index contributed by atoms with van der Waals surface area (Å²) in [6.07, 6.45) is 4.21. The van der Waals surface area contributed by atoms with E-state index in [0.717, 1.165) is 42.7 Å². The molecule has 0 amide bonds. The summed E-state index contributed by atoms with van der Waals surface area (Å²) in [4.78, 5) is 0. The predicted molar refractivity (Wildman–Crippen MR) is 83.8 cm³/mol. The van der Waals surface area contributed by atoms with Gasteiger partial charge in [0.1, 0.15) is 0 Å². The average molecular weight is 299 g/mol. The van der Waals surface area contributed by atoms with Gasteiger partial charge in [-0.05, 0) is 43.4 Å². The molecular weight excluding hydrogens is 270 g/mol. The molecule has 6 atom stereocenters. The van der Waals surface area contributed by atoms with Gasteiger partial charge in [-0.15, -0.1) is 0 Å². The summed E-state index contributed by atoms with van der Waals surface area (Å²) in [5, 5.41) is 23.5. The molecule has 0 spiro atoms. The van der Waals surface area contributed by atoms with Gasteiger partial charge in [0.05, 0.1) is 12.2 Å². The summed E-state index contributed by atoms with van der Waals surface area (Å²) in [5.74, 6) is 4.37. The molecule has 1 aliphatic heterocycles. The fourth-order valence-electron chi connectivity index (χ4n) is 4.72. The van der Waals surface area contributed by atoms with Crippen LogP contribution in [0.15, 0.2) is 0 Å². The maximum Gasteiger partial charge on any atom is 0.0679 e. The van der Waals surface area contributed by atoms with Crippen LogP contribution in [0.2, 0.25) is 0 Å². The molecule has 0 aromatic carbocycles. The van der Waals surface area contributed by atoms with Crippen molar-refractivity contribution in [2.24, 2.45) is 23.2 Å². The molecule has 3 N–H and O–H groups in total. The average Bonchev–Trinajstić information content (AvgIpc) is 2.84. The zero-order valence-corrected chi connectivity index (χ0v) is 13.5. The Kier molecular flexibility index (Phi) is 4.38. The molecule has 0 radical (unpaired) electrons. The van der Waals surface area contributed by atoms with E-state index in [2.05, 4.69) is 19.2 Å². The minimum atomic E-state index is -0.155. The summed E-state index contributed by atoms with van der Waals surface area (Å²) in [6, 6.07) is 0.462. The molecule has 4 heteroatoms. The number of hydrogen-bond donors (Lipinski definition) is 3. The van der Waals surface area contributed by atoms with Crippen molar-refractivity contribution in [2.75, 3.05) is 18.1 Å². The van der Waals surface area contributed by atoms with Crippen LogP contribution >= 0.6 is 11.8 Å². The van der Waals surface area contributed by atoms with Crippen molar-refractivity contribution in [2.45, 2.75) is 57.8 Å². The summed E-state index contributed by atoms with van der Waals surface area (Å²) < 4.78 is 0. The summed E-state index contributed by atoms with van der Waals surface area (Å²) in [6.45, 7) is 5.36. The SMILES string of the molecule is CC(C)C1CC(O)C2(CSC[C@@H]3C[C@@H](O)CN3)CCC12. The fraction of sp³-hybridized carbons (Fsp3) is 1.00. The van der Waals surface area contributed by atoms with Crippen molar-refractivity contribution >= 4 is 11.8 Å². The van der Waals surface area contributed by atoms with Gasteiger partial charge in [-0.1, -0.05) is 13.8 Å². The van der Waals surface area contributed by atoms with Crippen LogP contribution < -0.4 is 5.32 Å². The van der Waals surface area contributed by atoms with Gasteiger partial charge in [-0.2, -0.15) is 11.8 Å². The number of nitrogens with one attached hydrogen (secondary N) is 1. The van der Waals surface area contributed by atoms with Crippen molar-refractivity contribution in [1.29, 1.82) is 0 Å². The minimum Gasteiger partial charge on any atom is -0.392 e. The first-order valence-corrected chi connectivity index (χ1v) is 9.35. The molecule has 0 aromatic heterocycles. The first-order valence-electron chi connectivity index (χ1n) is 8.20. The zero-order chi connectivity index (χ0) is 14.3. The van der Waals surface area contributed by atoms with E-state index in [0.29, 0.717) is 12.0 Å². The maximum absolute atomic E-state index is 10.6. The van der Waals surface area contributed by atoms with Gasteiger partial charge in [0, 0.05) is 29.5 Å². The molecule has 2 aliphatic carbocycles. The van der Waals surface area contributed by atoms with Crippen LogP contribution in [0.25, 0.3) is 0 Å². The Labute approximate surface area is 126 Å². The van der Waals surface area contributed by atoms with E-state index in [-0.39, 0.29) is 17.6 Å². The maximum atomic E-state index is 10.6. The van der Waals surface area contributed by atoms with Crippen molar-refractivity contribution in [3.05, 3.63) is 0 Å². The number of thioether (sulfide) groups is 1. The minimum absolute atomic E-state index is 0.0803. The predicted octanol–water partition coefficient (Wildman–Crippen LogP) is 1.88. The Morgan fingerprint density at radius 3 is 2.65 bits per heavy atom. The molecule has 0 bridgehead atoms. The highest BCUT2D eigenvalue weighted by atomic mass is 32.2. The smallest absolute Gasteiger partial charge is 0.0679 e. The highest BCUT2D eigenvalue weighted by Gasteiger charge is 2.59. The summed E-state index contributed by atoms with van der Waals surface area (Å²) in [5.41, 5.74) is 0.219. The van der Waals surface area contributed by atoms with E-state index in [1.54, 1.807) is 0 Å². The van der Waals surface area contributed by atoms with E-state index >= 15 is 0 Å². The van der Waals surface area contributed by atoms with Crippen LogP contribution in [0.4, 0.5) is 0 Å². The highest BCUT2D eigenvalue weighted by Crippen LogP contribution is 2.62. The van der Waals surface area contributed by atoms with Gasteiger partial charge >= 0.3 is 0 Å². The van der Waals surface area contributed by atoms with Gasteiger partial charge in [0.2, 0.25) is 0 Å². The van der Waals surface area contributed by atoms with Gasteiger partial charge in [0.15, 0.2) is 0 Å². The van der Waals surface area contributed by atoms with Gasteiger partial charge in [-0.3, -0.25) is 0 Å². The van der Waals surface area contributed by atoms with Gasteiger partial charge in [0.25, 0.3) is 0 Å². The lowest BCUT2D eigenvalue weighted by molar-refractivity contribution is -0.0303. The van der Waals surface area contributed by atoms with Crippen molar-refractivity contribution < 1.29 is 10.2 Å². The van der Waals surface area contributed by atoms with Gasteiger partial charge < -0.3 is 15.5 Å². The van der Waals surface area contributed by atoms with E-state index < -0.39 is 0 Å². The van der Waals surface area contributed by atoms with Crippen LogP contribution in [0.5, 0.6) is 0 Å². The Hall–Kier alpha value is 0.230. The Morgan fingerprint density at radius 1 is 1.30 bits per heavy atom. The zero-order valence-electron chi connectivity index (χ0n) is 12.7. The van der Waals surface area contributed by atoms with Crippen LogP contribution in [-0.4, -0.2) is 46.5 Å². The highest BCUT2D eigenvalue weighted by molar-refractivity contribution is 7.99. The lowest BCUT2D eigenvalue weighted by Gasteiger charge is -2.49. The third-order valence-electron chi connectivity index (χ3n) is 6.08. The molecule has 2 saturated carbocycles. The number of aliphatic hydroxyl groups excluding tert-OH is 2. The van der Waals surface area contributed by atoms with Crippen molar-refractivity contribution in [3.8, 4) is 0 Å². The molecule has 0 aromatic rings. The van der Waals surface area contributed by atoms with Crippen molar-refractivity contribution in [1.82, 2.24) is 5.32 Å². The lowest BCUT2D eigenvalue weighted by atomic mass is 9.59. The first kappa shape index (κ1) is 15.1. The fourth-order valence-corrected chi connectivity index (χ4v) is 6.31. The van der Waals surface area contributed by atoms with E-state index in [1.807, 2.05) is 11.8 Å². The lowest BCUT2D eigenvalue weighted by Crippen LogP contribution is -2.47. The molecule has 116 valence electrons. The van der Waals surface area contributed by atoms with E-state index in [4.69, 9.17) is 0 Å². The number of fused-ring (bicyclic) bond motifs is 1. The molecule has 3 aliphatic rings. The van der Waals surface area contributed by atoms with Crippen LogP contribution in [0.3, 0.4) is 0 Å². The summed E-state index contributed by atoms with van der Waals surface area (Å²) >= 11 is 1.99. The summed E-state index contributed by atoms with van der Waals surface area (Å²) in [7, 11) is 0. The number of β-amino-alcohol motifs (C(OH)–C–C–N with tert-alkyl or cyclic N) is 1. The quantitative estimate of drug-likeness (QED) is 0.725. The Morgan fingerprint density at radius 2 is 2.10 bits per heavy atom. The third-order valence-corrected chi connectivity index (χ3v) is 7.46. The second-order valence-corrected chi connectivity index (χ2v) is 8.58. The normalized spacial score (nSPS) is 47.5. The number of rotatable bonds is 5. The van der Waals surface area contributed by atoms with Gasteiger partial charge in [-0.25, -0.2) is 0 Å². The van der Waals surface area contributed by atoms with Crippen LogP contribution in [0.1, 0.15) is 39.5 Å². The molecule has 1 heterocycles. The van der Waals surface area contributed by atoms with Crippen LogP contribution in [0, 0.1) is 23.2 Å². The molecule has 20 heavy (non-hydrogen) atoms. The number of hydrogen-bond acceptors (Lipinski definition) is 4. The third kappa shape index (κ3) is 2.53. The first-order chi connectivity index (χ1) is 9.53. The largest absolute Gasteiger partial charge is 0.392 e. The molecule has 3 fully saturated rings. The Balaban J connectivity index is 1.52. The molecular formula is C16H29NO2S. The molecule has 1 saturated heterocycles. The van der Waals surface area contributed by atoms with E-state index in [9.17, 15) is 10.2 Å². The number of aliphatic hydroxyl groups is 2. The molecule has 3 rings (SSSR count).